The summed E-state index contributed by atoms with van der Waals surface area (Å²) in [6.45, 7) is 5.49. The molecule has 2 aliphatic heterocycles. The van der Waals surface area contributed by atoms with Crippen molar-refractivity contribution in [3.63, 3.8) is 0 Å². The molecule has 0 atom stereocenters. The predicted octanol–water partition coefficient (Wildman–Crippen LogP) is 0.609. The van der Waals surface area contributed by atoms with Gasteiger partial charge in [0.15, 0.2) is 11.5 Å². The van der Waals surface area contributed by atoms with Gasteiger partial charge in [-0.05, 0) is 30.2 Å². The third kappa shape index (κ3) is 3.00. The summed E-state index contributed by atoms with van der Waals surface area (Å²) in [5.74, 6) is 1.55. The van der Waals surface area contributed by atoms with Crippen LogP contribution >= 0.6 is 0 Å². The van der Waals surface area contributed by atoms with E-state index in [0.717, 1.165) is 23.3 Å². The highest BCUT2D eigenvalue weighted by Crippen LogP contribution is 2.33. The van der Waals surface area contributed by atoms with E-state index in [-0.39, 0.29) is 5.91 Å². The number of fused-ring (bicyclic) bond motifs is 1. The van der Waals surface area contributed by atoms with Crippen LogP contribution in [0.4, 0.5) is 0 Å². The van der Waals surface area contributed by atoms with Gasteiger partial charge in [0.05, 0.1) is 6.42 Å². The molecule has 2 amide bonds. The van der Waals surface area contributed by atoms with Crippen LogP contribution in [0.3, 0.4) is 0 Å². The van der Waals surface area contributed by atoms with Crippen LogP contribution in [0.1, 0.15) is 11.1 Å². The third-order valence-electron chi connectivity index (χ3n) is 4.16. The number of aryl methyl sites for hydroxylation is 1. The Balaban J connectivity index is 1.68. The standard InChI is InChI=1S/C16H20N2O4/c1-12-8-14-15(22-7-6-21-14)9-13(12)10-16(20)18-4-2-17(11-19)3-5-18/h8-9,11H,2-7,10H2,1H3. The Morgan fingerprint density at radius 2 is 1.77 bits per heavy atom. The molecule has 6 heteroatoms. The highest BCUT2D eigenvalue weighted by Gasteiger charge is 2.22. The molecule has 1 saturated heterocycles. The lowest BCUT2D eigenvalue weighted by molar-refractivity contribution is -0.134. The van der Waals surface area contributed by atoms with Gasteiger partial charge >= 0.3 is 0 Å². The molecule has 1 aromatic carbocycles. The van der Waals surface area contributed by atoms with Gasteiger partial charge in [-0.25, -0.2) is 0 Å². The molecule has 118 valence electrons. The fraction of sp³-hybridized carbons (Fsp3) is 0.500. The van der Waals surface area contributed by atoms with Gasteiger partial charge in [-0.15, -0.1) is 0 Å². The maximum absolute atomic E-state index is 12.4. The second-order valence-corrected chi connectivity index (χ2v) is 5.62. The summed E-state index contributed by atoms with van der Waals surface area (Å²) in [4.78, 5) is 26.6. The van der Waals surface area contributed by atoms with Crippen molar-refractivity contribution < 1.29 is 19.1 Å². The van der Waals surface area contributed by atoms with E-state index in [4.69, 9.17) is 9.47 Å². The summed E-state index contributed by atoms with van der Waals surface area (Å²) in [5.41, 5.74) is 2.00. The van der Waals surface area contributed by atoms with Crippen LogP contribution in [0.25, 0.3) is 0 Å². The molecule has 0 saturated carbocycles. The molecule has 3 rings (SSSR count). The zero-order chi connectivity index (χ0) is 15.5. The topological polar surface area (TPSA) is 59.1 Å². The molecular weight excluding hydrogens is 284 g/mol. The smallest absolute Gasteiger partial charge is 0.227 e. The van der Waals surface area contributed by atoms with Gasteiger partial charge in [0, 0.05) is 26.2 Å². The molecule has 0 bridgehead atoms. The molecule has 1 fully saturated rings. The van der Waals surface area contributed by atoms with Gasteiger partial charge in [0.1, 0.15) is 13.2 Å². The summed E-state index contributed by atoms with van der Waals surface area (Å²) in [5, 5.41) is 0. The minimum absolute atomic E-state index is 0.0883. The molecule has 0 aromatic heterocycles. The molecule has 2 aliphatic rings. The highest BCUT2D eigenvalue weighted by molar-refractivity contribution is 5.79. The molecular formula is C16H20N2O4. The largest absolute Gasteiger partial charge is 0.486 e. The number of nitrogens with zero attached hydrogens (tertiary/aromatic N) is 2. The molecule has 6 nitrogen and oxygen atoms in total. The number of amides is 2. The van der Waals surface area contributed by atoms with E-state index >= 15 is 0 Å². The number of piperazine rings is 1. The SMILES string of the molecule is Cc1cc2c(cc1CC(=O)N1CCN(C=O)CC1)OCCO2. The van der Waals surface area contributed by atoms with Crippen LogP contribution in [0.5, 0.6) is 11.5 Å². The van der Waals surface area contributed by atoms with Crippen molar-refractivity contribution in [2.45, 2.75) is 13.3 Å². The second-order valence-electron chi connectivity index (χ2n) is 5.62. The van der Waals surface area contributed by atoms with E-state index in [1.807, 2.05) is 24.0 Å². The number of carbonyl (C=O) groups is 2. The van der Waals surface area contributed by atoms with Crippen molar-refractivity contribution in [3.8, 4) is 11.5 Å². The third-order valence-corrected chi connectivity index (χ3v) is 4.16. The van der Waals surface area contributed by atoms with Crippen LogP contribution in [0.15, 0.2) is 12.1 Å². The van der Waals surface area contributed by atoms with E-state index in [9.17, 15) is 9.59 Å². The number of hydrogen-bond donors (Lipinski definition) is 0. The molecule has 22 heavy (non-hydrogen) atoms. The average Bonchev–Trinajstić information content (AvgIpc) is 2.55. The predicted molar refractivity (Wildman–Crippen MR) is 80.1 cm³/mol. The Kier molecular flexibility index (Phi) is 4.18. The maximum Gasteiger partial charge on any atom is 0.227 e. The first-order valence-corrected chi connectivity index (χ1v) is 7.53. The highest BCUT2D eigenvalue weighted by atomic mass is 16.6. The molecule has 1 aromatic rings. The monoisotopic (exact) mass is 304 g/mol. The summed E-state index contributed by atoms with van der Waals surface area (Å²) in [7, 11) is 0. The molecule has 0 spiro atoms. The Bertz CT molecular complexity index is 580. The first kappa shape index (κ1) is 14.7. The quantitative estimate of drug-likeness (QED) is 0.768. The minimum atomic E-state index is 0.0883. The van der Waals surface area contributed by atoms with Crippen LogP contribution in [0.2, 0.25) is 0 Å². The number of hydrogen-bond acceptors (Lipinski definition) is 4. The molecule has 0 N–H and O–H groups in total. The zero-order valence-corrected chi connectivity index (χ0v) is 12.7. The van der Waals surface area contributed by atoms with E-state index in [1.54, 1.807) is 4.90 Å². The van der Waals surface area contributed by atoms with Crippen molar-refractivity contribution in [3.05, 3.63) is 23.3 Å². The van der Waals surface area contributed by atoms with Crippen molar-refractivity contribution in [1.29, 1.82) is 0 Å². The second kappa shape index (κ2) is 6.25. The molecule has 0 aliphatic carbocycles. The number of carbonyl (C=O) groups excluding carboxylic acids is 2. The maximum atomic E-state index is 12.4. The van der Waals surface area contributed by atoms with Crippen LogP contribution in [0, 0.1) is 6.92 Å². The Morgan fingerprint density at radius 1 is 1.14 bits per heavy atom. The summed E-state index contributed by atoms with van der Waals surface area (Å²) in [6, 6.07) is 3.84. The van der Waals surface area contributed by atoms with Gasteiger partial charge < -0.3 is 19.3 Å². The van der Waals surface area contributed by atoms with E-state index < -0.39 is 0 Å². The summed E-state index contributed by atoms with van der Waals surface area (Å²) >= 11 is 0. The lowest BCUT2D eigenvalue weighted by atomic mass is 10.0. The van der Waals surface area contributed by atoms with Gasteiger partial charge in [-0.1, -0.05) is 0 Å². The van der Waals surface area contributed by atoms with E-state index in [0.29, 0.717) is 51.6 Å². The lowest BCUT2D eigenvalue weighted by Crippen LogP contribution is -2.48. The molecule has 0 unspecified atom stereocenters. The number of rotatable bonds is 3. The minimum Gasteiger partial charge on any atom is -0.486 e. The van der Waals surface area contributed by atoms with Crippen molar-refractivity contribution in [2.24, 2.45) is 0 Å². The van der Waals surface area contributed by atoms with Crippen molar-refractivity contribution in [2.75, 3.05) is 39.4 Å². The Labute approximate surface area is 129 Å². The summed E-state index contributed by atoms with van der Waals surface area (Å²) < 4.78 is 11.1. The van der Waals surface area contributed by atoms with Gasteiger partial charge in [0.2, 0.25) is 12.3 Å². The van der Waals surface area contributed by atoms with Gasteiger partial charge in [0.25, 0.3) is 0 Å². The Morgan fingerprint density at radius 3 is 2.41 bits per heavy atom. The van der Waals surface area contributed by atoms with Gasteiger partial charge in [-0.3, -0.25) is 9.59 Å². The number of benzene rings is 1. The van der Waals surface area contributed by atoms with Crippen LogP contribution in [-0.2, 0) is 16.0 Å². The first-order valence-electron chi connectivity index (χ1n) is 7.53. The van der Waals surface area contributed by atoms with Crippen LogP contribution in [-0.4, -0.2) is 61.5 Å². The molecule has 0 radical (unpaired) electrons. The normalized spacial score (nSPS) is 17.3. The lowest BCUT2D eigenvalue weighted by Gasteiger charge is -2.32. The van der Waals surface area contributed by atoms with E-state index in [1.165, 1.54) is 0 Å². The number of ether oxygens (including phenoxy) is 2. The molecule has 2 heterocycles. The first-order chi connectivity index (χ1) is 10.7. The van der Waals surface area contributed by atoms with E-state index in [2.05, 4.69) is 0 Å². The van der Waals surface area contributed by atoms with Crippen LogP contribution < -0.4 is 9.47 Å². The fourth-order valence-electron chi connectivity index (χ4n) is 2.77. The van der Waals surface area contributed by atoms with Gasteiger partial charge in [-0.2, -0.15) is 0 Å². The Hall–Kier alpha value is -2.24. The van der Waals surface area contributed by atoms with Crippen molar-refractivity contribution >= 4 is 12.3 Å². The fourth-order valence-corrected chi connectivity index (χ4v) is 2.77. The average molecular weight is 304 g/mol. The van der Waals surface area contributed by atoms with Crippen molar-refractivity contribution in [1.82, 2.24) is 9.80 Å². The summed E-state index contributed by atoms with van der Waals surface area (Å²) in [6.07, 6.45) is 1.19. The zero-order valence-electron chi connectivity index (χ0n) is 12.7.